The van der Waals surface area contributed by atoms with E-state index in [1.165, 1.54) is 0 Å². The monoisotopic (exact) mass is 269 g/mol. The average Bonchev–Trinajstić information content (AvgIpc) is 2.35. The number of ether oxygens (including phenoxy) is 3. The molecule has 0 aliphatic rings. The van der Waals surface area contributed by atoms with Crippen molar-refractivity contribution in [2.75, 3.05) is 20.7 Å². The number of nitrogens with two attached hydrogens (primary N) is 1. The van der Waals surface area contributed by atoms with Crippen LogP contribution in [-0.2, 0) is 6.37 Å². The lowest BCUT2D eigenvalue weighted by Crippen LogP contribution is -2.18. The van der Waals surface area contributed by atoms with Gasteiger partial charge in [0.15, 0.2) is 11.5 Å². The van der Waals surface area contributed by atoms with Crippen LogP contribution in [0.15, 0.2) is 12.1 Å². The fourth-order valence-electron chi connectivity index (χ4n) is 1.25. The minimum absolute atomic E-state index is 0.358. The molecule has 1 rings (SSSR count). The van der Waals surface area contributed by atoms with E-state index in [1.807, 2.05) is 0 Å². The molecule has 0 aliphatic carbocycles. The Morgan fingerprint density at radius 2 is 1.72 bits per heavy atom. The molecule has 0 unspecified atom stereocenters. The second-order valence-electron chi connectivity index (χ2n) is 3.03. The predicted octanol–water partition coefficient (Wildman–Crippen LogP) is 2.10. The van der Waals surface area contributed by atoms with Crippen molar-refractivity contribution in [1.82, 2.24) is 0 Å². The molecule has 0 saturated heterocycles. The van der Waals surface area contributed by atoms with Crippen molar-refractivity contribution in [3.63, 3.8) is 0 Å². The van der Waals surface area contributed by atoms with Gasteiger partial charge in [-0.25, -0.2) is 0 Å². The number of hydrogen-bond donors (Lipinski definition) is 1. The zero-order chi connectivity index (χ0) is 17.3. The quantitative estimate of drug-likeness (QED) is 0.889. The van der Waals surface area contributed by atoms with E-state index < -0.39 is 36.5 Å². The van der Waals surface area contributed by atoms with E-state index in [9.17, 15) is 13.2 Å². The first-order valence-electron chi connectivity index (χ1n) is 6.64. The molecule has 0 saturated carbocycles. The van der Waals surface area contributed by atoms with Crippen LogP contribution in [0.3, 0.4) is 0 Å². The molecule has 0 aromatic heterocycles. The topological polar surface area (TPSA) is 53.7 Å². The molecule has 1 aromatic carbocycles. The molecule has 0 bridgehead atoms. The molecule has 1 aromatic rings. The summed E-state index contributed by atoms with van der Waals surface area (Å²) < 4.78 is 80.5. The second kappa shape index (κ2) is 5.81. The highest BCUT2D eigenvalue weighted by molar-refractivity contribution is 5.54. The van der Waals surface area contributed by atoms with Crippen molar-refractivity contribution in [3.05, 3.63) is 17.7 Å². The minimum Gasteiger partial charge on any atom is -0.493 e. The molecule has 0 spiro atoms. The van der Waals surface area contributed by atoms with E-state index in [0.29, 0.717) is 0 Å². The van der Waals surface area contributed by atoms with Gasteiger partial charge in [0.05, 0.1) is 14.2 Å². The summed E-state index contributed by atoms with van der Waals surface area (Å²) in [6.07, 6.45) is -7.71. The lowest BCUT2D eigenvalue weighted by atomic mass is 10.1. The Morgan fingerprint density at radius 1 is 1.22 bits per heavy atom. The van der Waals surface area contributed by atoms with Gasteiger partial charge in [-0.2, -0.15) is 0 Å². The first-order valence-corrected chi connectivity index (χ1v) is 4.64. The van der Waals surface area contributed by atoms with Crippen LogP contribution in [0.1, 0.15) is 11.0 Å². The van der Waals surface area contributed by atoms with E-state index in [2.05, 4.69) is 4.74 Å². The van der Waals surface area contributed by atoms with Crippen LogP contribution >= 0.6 is 0 Å². The van der Waals surface area contributed by atoms with Gasteiger partial charge in [-0.05, 0) is 30.6 Å². The van der Waals surface area contributed by atoms with E-state index in [-0.39, 0.29) is 5.56 Å². The third-order valence-corrected chi connectivity index (χ3v) is 1.89. The average molecular weight is 269 g/mol. The molecule has 2 N–H and O–H groups in total. The maximum Gasteiger partial charge on any atom is 0.573 e. The van der Waals surface area contributed by atoms with E-state index in [0.717, 1.165) is 26.4 Å². The van der Waals surface area contributed by atoms with Crippen LogP contribution < -0.4 is 19.9 Å². The Labute approximate surface area is 108 Å². The minimum atomic E-state index is -5.01. The summed E-state index contributed by atoms with van der Waals surface area (Å²) in [5.41, 5.74) is 4.78. The lowest BCUT2D eigenvalue weighted by molar-refractivity contribution is -0.275. The van der Waals surface area contributed by atoms with Crippen LogP contribution in [0.4, 0.5) is 13.2 Å². The van der Waals surface area contributed by atoms with Crippen molar-refractivity contribution in [3.8, 4) is 17.2 Å². The summed E-state index contributed by atoms with van der Waals surface area (Å²) in [7, 11) is 2.10. The van der Waals surface area contributed by atoms with E-state index >= 15 is 0 Å². The van der Waals surface area contributed by atoms with Gasteiger partial charge >= 0.3 is 6.36 Å². The molecule has 0 atom stereocenters. The maximum atomic E-state index is 12.4. The number of alkyl halides is 3. The van der Waals surface area contributed by atoms with E-state index in [1.54, 1.807) is 0 Å². The zero-order valence-corrected chi connectivity index (χ0v) is 9.59. The molecular formula is C11H14F3NO3. The van der Waals surface area contributed by atoms with Crippen LogP contribution in [-0.4, -0.2) is 27.1 Å². The molecule has 102 valence electrons. The molecule has 0 fully saturated rings. The summed E-state index contributed by atoms with van der Waals surface area (Å²) in [6, 6.07) is 1.74. The highest BCUT2D eigenvalue weighted by Crippen LogP contribution is 2.41. The molecule has 0 amide bonds. The van der Waals surface area contributed by atoms with Crippen LogP contribution in [0.2, 0.25) is 0 Å². The van der Waals surface area contributed by atoms with Crippen LogP contribution in [0, 0.1) is 0 Å². The second-order valence-corrected chi connectivity index (χ2v) is 3.03. The summed E-state index contributed by atoms with van der Waals surface area (Å²) in [5, 5.41) is 0. The van der Waals surface area contributed by atoms with Gasteiger partial charge in [0, 0.05) is 5.48 Å². The summed E-state index contributed by atoms with van der Waals surface area (Å²) in [5.74, 6) is -1.74. The standard InChI is InChI=1S/C11H14F3NO3/c1-16-8-5-7(3-4-15)6-9(17-2)10(8)18-11(12,13)14/h5-6H,3-4,15H2,1-2H3/i3D2,4D2. The molecule has 0 heterocycles. The Bertz CT molecular complexity index is 521. The molecule has 0 radical (unpaired) electrons. The molecule has 0 aliphatic heterocycles. The predicted molar refractivity (Wildman–Crippen MR) is 59.0 cm³/mol. The molecule has 7 heteroatoms. The Kier molecular flexibility index (Phi) is 3.01. The van der Waals surface area contributed by atoms with Gasteiger partial charge in [-0.1, -0.05) is 0 Å². The Balaban J connectivity index is 3.50. The van der Waals surface area contributed by atoms with Gasteiger partial charge in [-0.3, -0.25) is 0 Å². The normalized spacial score (nSPS) is 16.1. The summed E-state index contributed by atoms with van der Waals surface area (Å²) >= 11 is 0. The number of halogens is 3. The number of methoxy groups -OCH3 is 2. The van der Waals surface area contributed by atoms with Crippen molar-refractivity contribution in [2.45, 2.75) is 12.7 Å². The van der Waals surface area contributed by atoms with E-state index in [4.69, 9.17) is 20.7 Å². The SMILES string of the molecule is [2H]C([2H])(N)C([2H])([2H])c1cc(OC)c(OC(F)(F)F)c(OC)c1. The number of rotatable bonds is 5. The van der Waals surface area contributed by atoms with Crippen molar-refractivity contribution < 1.29 is 32.9 Å². The van der Waals surface area contributed by atoms with Gasteiger partial charge < -0.3 is 19.9 Å². The third kappa shape index (κ3) is 3.69. The molecule has 18 heavy (non-hydrogen) atoms. The number of benzene rings is 1. The van der Waals surface area contributed by atoms with Gasteiger partial charge in [-0.15, -0.1) is 13.2 Å². The maximum absolute atomic E-state index is 12.4. The highest BCUT2D eigenvalue weighted by atomic mass is 19.4. The highest BCUT2D eigenvalue weighted by Gasteiger charge is 2.34. The summed E-state index contributed by atoms with van der Waals surface area (Å²) in [4.78, 5) is 0. The fourth-order valence-corrected chi connectivity index (χ4v) is 1.25. The van der Waals surface area contributed by atoms with Crippen molar-refractivity contribution >= 4 is 0 Å². The van der Waals surface area contributed by atoms with Crippen molar-refractivity contribution in [1.29, 1.82) is 0 Å². The van der Waals surface area contributed by atoms with Crippen LogP contribution in [0.25, 0.3) is 0 Å². The number of hydrogen-bond acceptors (Lipinski definition) is 4. The smallest absolute Gasteiger partial charge is 0.493 e. The molecule has 4 nitrogen and oxygen atoms in total. The number of aryl methyl sites for hydroxylation is 1. The first-order chi connectivity index (χ1) is 9.83. The zero-order valence-electron chi connectivity index (χ0n) is 13.6. The molecular weight excluding hydrogens is 251 g/mol. The van der Waals surface area contributed by atoms with Gasteiger partial charge in [0.25, 0.3) is 0 Å². The first kappa shape index (κ1) is 9.32. The fraction of sp³-hybridized carbons (Fsp3) is 0.455. The Morgan fingerprint density at radius 3 is 2.06 bits per heavy atom. The lowest BCUT2D eigenvalue weighted by Gasteiger charge is -2.16. The van der Waals surface area contributed by atoms with Crippen molar-refractivity contribution in [2.24, 2.45) is 5.73 Å². The Hall–Kier alpha value is -1.63. The van der Waals surface area contributed by atoms with Crippen LogP contribution in [0.5, 0.6) is 17.2 Å². The largest absolute Gasteiger partial charge is 0.573 e. The summed E-state index contributed by atoms with van der Waals surface area (Å²) in [6.45, 7) is -2.78. The van der Waals surface area contributed by atoms with Gasteiger partial charge in [0.2, 0.25) is 5.75 Å². The van der Waals surface area contributed by atoms with Gasteiger partial charge in [0.1, 0.15) is 0 Å². The third-order valence-electron chi connectivity index (χ3n) is 1.89.